The Morgan fingerprint density at radius 2 is 1.88 bits per heavy atom. The number of rotatable bonds is 10. The van der Waals surface area contributed by atoms with E-state index >= 15 is 0 Å². The molecule has 0 radical (unpaired) electrons. The van der Waals surface area contributed by atoms with Crippen LogP contribution in [-0.4, -0.2) is 32.6 Å². The molecule has 8 heteroatoms. The monoisotopic (exact) mass is 450 g/mol. The SMILES string of the molecule is C=CCc1c(OC)ccc2cc(C(=O)Nc3ccc(CNCCC(=O)OC)cc3)c(=O)oc12. The van der Waals surface area contributed by atoms with E-state index in [0.717, 1.165) is 5.56 Å². The number of nitrogens with one attached hydrogen (secondary N) is 2. The lowest BCUT2D eigenvalue weighted by Gasteiger charge is -2.11. The number of ether oxygens (including phenoxy) is 2. The molecule has 1 heterocycles. The number of anilines is 1. The summed E-state index contributed by atoms with van der Waals surface area (Å²) in [5, 5.41) is 6.48. The summed E-state index contributed by atoms with van der Waals surface area (Å²) in [7, 11) is 2.89. The average molecular weight is 450 g/mol. The van der Waals surface area contributed by atoms with Crippen LogP contribution in [0.3, 0.4) is 0 Å². The summed E-state index contributed by atoms with van der Waals surface area (Å²) in [5.74, 6) is -0.242. The molecule has 8 nitrogen and oxygen atoms in total. The number of hydrogen-bond acceptors (Lipinski definition) is 7. The van der Waals surface area contributed by atoms with Gasteiger partial charge in [-0.1, -0.05) is 18.2 Å². The maximum absolute atomic E-state index is 12.7. The predicted octanol–water partition coefficient (Wildman–Crippen LogP) is 3.44. The van der Waals surface area contributed by atoms with Crippen LogP contribution in [0.4, 0.5) is 5.69 Å². The van der Waals surface area contributed by atoms with Crippen LogP contribution in [-0.2, 0) is 22.5 Å². The number of esters is 1. The summed E-state index contributed by atoms with van der Waals surface area (Å²) >= 11 is 0. The van der Waals surface area contributed by atoms with Gasteiger partial charge in [0.05, 0.1) is 20.6 Å². The fourth-order valence-electron chi connectivity index (χ4n) is 3.34. The van der Waals surface area contributed by atoms with Crippen molar-refractivity contribution in [1.29, 1.82) is 0 Å². The average Bonchev–Trinajstić information content (AvgIpc) is 2.82. The van der Waals surface area contributed by atoms with Crippen LogP contribution >= 0.6 is 0 Å². The third-order valence-electron chi connectivity index (χ3n) is 5.05. The van der Waals surface area contributed by atoms with Crippen molar-refractivity contribution < 1.29 is 23.5 Å². The zero-order chi connectivity index (χ0) is 23.8. The van der Waals surface area contributed by atoms with Crippen LogP contribution < -0.4 is 21.0 Å². The second-order valence-electron chi connectivity index (χ2n) is 7.26. The maximum Gasteiger partial charge on any atom is 0.349 e. The van der Waals surface area contributed by atoms with E-state index < -0.39 is 11.5 Å². The largest absolute Gasteiger partial charge is 0.496 e. The van der Waals surface area contributed by atoms with Crippen molar-refractivity contribution in [3.8, 4) is 5.75 Å². The highest BCUT2D eigenvalue weighted by Gasteiger charge is 2.17. The van der Waals surface area contributed by atoms with Crippen molar-refractivity contribution >= 4 is 28.5 Å². The smallest absolute Gasteiger partial charge is 0.349 e. The molecule has 0 saturated heterocycles. The van der Waals surface area contributed by atoms with E-state index in [4.69, 9.17) is 9.15 Å². The molecule has 0 saturated carbocycles. The molecule has 33 heavy (non-hydrogen) atoms. The second kappa shape index (κ2) is 11.1. The Bertz CT molecular complexity index is 1210. The Hall–Kier alpha value is -3.91. The van der Waals surface area contributed by atoms with E-state index in [1.807, 2.05) is 12.1 Å². The Kier molecular flexibility index (Phi) is 7.99. The highest BCUT2D eigenvalue weighted by atomic mass is 16.5. The Balaban J connectivity index is 1.71. The minimum absolute atomic E-state index is 0.0919. The van der Waals surface area contributed by atoms with Crippen molar-refractivity contribution in [2.45, 2.75) is 19.4 Å². The molecule has 0 aliphatic heterocycles. The number of methoxy groups -OCH3 is 2. The molecule has 0 fully saturated rings. The zero-order valence-corrected chi connectivity index (χ0v) is 18.6. The maximum atomic E-state index is 12.7. The zero-order valence-electron chi connectivity index (χ0n) is 18.6. The minimum Gasteiger partial charge on any atom is -0.496 e. The van der Waals surface area contributed by atoms with Crippen molar-refractivity contribution in [3.63, 3.8) is 0 Å². The summed E-state index contributed by atoms with van der Waals surface area (Å²) in [6.07, 6.45) is 2.44. The van der Waals surface area contributed by atoms with E-state index in [-0.39, 0.29) is 11.5 Å². The topological polar surface area (TPSA) is 107 Å². The number of fused-ring (bicyclic) bond motifs is 1. The van der Waals surface area contributed by atoms with Gasteiger partial charge in [-0.15, -0.1) is 6.58 Å². The number of amides is 1. The van der Waals surface area contributed by atoms with Gasteiger partial charge in [0.25, 0.3) is 5.91 Å². The van der Waals surface area contributed by atoms with Crippen LogP contribution in [0.15, 0.2) is 64.3 Å². The lowest BCUT2D eigenvalue weighted by Crippen LogP contribution is -2.21. The number of hydrogen-bond donors (Lipinski definition) is 2. The van der Waals surface area contributed by atoms with Crippen molar-refractivity contribution in [1.82, 2.24) is 5.32 Å². The summed E-state index contributed by atoms with van der Waals surface area (Å²) < 4.78 is 15.4. The van der Waals surface area contributed by atoms with Crippen LogP contribution in [0.1, 0.15) is 27.9 Å². The summed E-state index contributed by atoms with van der Waals surface area (Å²) in [4.78, 5) is 36.4. The molecular formula is C25H26N2O6. The molecule has 1 amide bonds. The second-order valence-corrected chi connectivity index (χ2v) is 7.26. The molecule has 0 unspecified atom stereocenters. The van der Waals surface area contributed by atoms with Gasteiger partial charge in [0.1, 0.15) is 16.9 Å². The molecule has 3 rings (SSSR count). The van der Waals surface area contributed by atoms with Gasteiger partial charge in [-0.25, -0.2) is 4.79 Å². The molecule has 2 aromatic carbocycles. The molecule has 0 aliphatic rings. The van der Waals surface area contributed by atoms with Crippen LogP contribution in [0.2, 0.25) is 0 Å². The first-order valence-electron chi connectivity index (χ1n) is 10.4. The number of carbonyl (C=O) groups is 2. The molecule has 0 bridgehead atoms. The van der Waals surface area contributed by atoms with Gasteiger partial charge in [0, 0.05) is 29.7 Å². The van der Waals surface area contributed by atoms with Crippen LogP contribution in [0.5, 0.6) is 5.75 Å². The van der Waals surface area contributed by atoms with Gasteiger partial charge in [-0.05, 0) is 42.3 Å². The van der Waals surface area contributed by atoms with Gasteiger partial charge < -0.3 is 24.5 Å². The Morgan fingerprint density at radius 3 is 2.55 bits per heavy atom. The Morgan fingerprint density at radius 1 is 1.12 bits per heavy atom. The lowest BCUT2D eigenvalue weighted by molar-refractivity contribution is -0.140. The molecule has 0 atom stereocenters. The van der Waals surface area contributed by atoms with Crippen molar-refractivity contribution in [3.05, 3.63) is 82.2 Å². The van der Waals surface area contributed by atoms with Gasteiger partial charge in [-0.3, -0.25) is 9.59 Å². The lowest BCUT2D eigenvalue weighted by atomic mass is 10.1. The fourth-order valence-corrected chi connectivity index (χ4v) is 3.34. The predicted molar refractivity (Wildman–Crippen MR) is 126 cm³/mol. The molecule has 2 N–H and O–H groups in total. The third kappa shape index (κ3) is 5.87. The van der Waals surface area contributed by atoms with Gasteiger partial charge in [0.15, 0.2) is 0 Å². The van der Waals surface area contributed by atoms with E-state index in [9.17, 15) is 14.4 Å². The van der Waals surface area contributed by atoms with E-state index in [1.54, 1.807) is 30.3 Å². The van der Waals surface area contributed by atoms with E-state index in [1.165, 1.54) is 20.3 Å². The standard InChI is InChI=1S/C25H26N2O6/c1-4-5-19-21(31-2)11-8-17-14-20(25(30)33-23(17)19)24(29)27-18-9-6-16(7-10-18)15-26-13-12-22(28)32-3/h4,6-11,14,26H,1,5,12-13,15H2,2-3H3,(H,27,29). The summed E-state index contributed by atoms with van der Waals surface area (Å²) in [6.45, 7) is 4.80. The van der Waals surface area contributed by atoms with E-state index in [0.29, 0.717) is 53.9 Å². The first-order chi connectivity index (χ1) is 16.0. The summed E-state index contributed by atoms with van der Waals surface area (Å²) in [6, 6.07) is 12.2. The number of carbonyl (C=O) groups excluding carboxylic acids is 2. The normalized spacial score (nSPS) is 10.6. The summed E-state index contributed by atoms with van der Waals surface area (Å²) in [5.41, 5.74) is 1.77. The first-order valence-corrected chi connectivity index (χ1v) is 10.4. The first kappa shape index (κ1) is 23.7. The van der Waals surface area contributed by atoms with Crippen LogP contribution in [0.25, 0.3) is 11.0 Å². The molecule has 1 aromatic heterocycles. The molecule has 0 aliphatic carbocycles. The highest BCUT2D eigenvalue weighted by Crippen LogP contribution is 2.28. The van der Waals surface area contributed by atoms with Crippen molar-refractivity contribution in [2.75, 3.05) is 26.1 Å². The fraction of sp³-hybridized carbons (Fsp3) is 0.240. The minimum atomic E-state index is -0.731. The van der Waals surface area contributed by atoms with Gasteiger partial charge >= 0.3 is 11.6 Å². The van der Waals surface area contributed by atoms with E-state index in [2.05, 4.69) is 21.9 Å². The van der Waals surface area contributed by atoms with Crippen molar-refractivity contribution in [2.24, 2.45) is 0 Å². The highest BCUT2D eigenvalue weighted by molar-refractivity contribution is 6.05. The van der Waals surface area contributed by atoms with Gasteiger partial charge in [0.2, 0.25) is 0 Å². The van der Waals surface area contributed by atoms with Gasteiger partial charge in [-0.2, -0.15) is 0 Å². The molecular weight excluding hydrogens is 424 g/mol. The Labute approximate surface area is 191 Å². The molecule has 0 spiro atoms. The van der Waals surface area contributed by atoms with Crippen LogP contribution in [0, 0.1) is 0 Å². The number of benzene rings is 2. The quantitative estimate of drug-likeness (QED) is 0.211. The molecule has 3 aromatic rings. The number of allylic oxidation sites excluding steroid dienone is 1. The molecule has 172 valence electrons. The third-order valence-corrected chi connectivity index (χ3v) is 5.05.